The predicted octanol–water partition coefficient (Wildman–Crippen LogP) is 0.204. The second-order valence-corrected chi connectivity index (χ2v) is 4.95. The fraction of sp³-hybridized carbons (Fsp3) is 0.667. The molecule has 0 bridgehead atoms. The number of nitrogens with one attached hydrogen (secondary N) is 2. The van der Waals surface area contributed by atoms with Crippen LogP contribution in [0.25, 0.3) is 0 Å². The molecule has 3 heterocycles. The summed E-state index contributed by atoms with van der Waals surface area (Å²) in [5.74, 6) is 1.93. The highest BCUT2D eigenvalue weighted by molar-refractivity contribution is 5.40. The van der Waals surface area contributed by atoms with Gasteiger partial charge in [-0.15, -0.1) is 0 Å². The first-order valence-electron chi connectivity index (χ1n) is 6.32. The Balaban J connectivity index is 1.94. The van der Waals surface area contributed by atoms with Crippen LogP contribution in [0.1, 0.15) is 13.3 Å². The fourth-order valence-electron chi connectivity index (χ4n) is 3.34. The maximum atomic E-state index is 11.8. The summed E-state index contributed by atoms with van der Waals surface area (Å²) in [6, 6.07) is 0.450. The number of H-pyrrole nitrogens is 1. The van der Waals surface area contributed by atoms with Gasteiger partial charge in [0.05, 0.1) is 0 Å². The van der Waals surface area contributed by atoms with Gasteiger partial charge in [-0.3, -0.25) is 4.79 Å². The predicted molar refractivity (Wildman–Crippen MR) is 66.1 cm³/mol. The lowest BCUT2D eigenvalue weighted by molar-refractivity contribution is 0.441. The summed E-state index contributed by atoms with van der Waals surface area (Å²) in [5.41, 5.74) is -0.0705. The molecule has 5 heteroatoms. The van der Waals surface area contributed by atoms with Crippen molar-refractivity contribution in [1.29, 1.82) is 0 Å². The minimum Gasteiger partial charge on any atom is -0.348 e. The summed E-state index contributed by atoms with van der Waals surface area (Å²) in [6.45, 7) is 5.29. The van der Waals surface area contributed by atoms with E-state index >= 15 is 0 Å². The highest BCUT2D eigenvalue weighted by atomic mass is 16.1. The number of anilines is 1. The van der Waals surface area contributed by atoms with Gasteiger partial charge in [0.15, 0.2) is 5.82 Å². The van der Waals surface area contributed by atoms with E-state index in [2.05, 4.69) is 27.1 Å². The molecular weight excluding hydrogens is 216 g/mol. The van der Waals surface area contributed by atoms with Gasteiger partial charge in [0.25, 0.3) is 5.56 Å². The Bertz CT molecular complexity index is 458. The van der Waals surface area contributed by atoms with Gasteiger partial charge in [-0.2, -0.15) is 0 Å². The van der Waals surface area contributed by atoms with E-state index < -0.39 is 0 Å². The van der Waals surface area contributed by atoms with Crippen LogP contribution in [0.2, 0.25) is 0 Å². The maximum Gasteiger partial charge on any atom is 0.290 e. The second-order valence-electron chi connectivity index (χ2n) is 4.95. The van der Waals surface area contributed by atoms with Crippen molar-refractivity contribution in [2.45, 2.75) is 19.4 Å². The standard InChI is InChI=1S/C12H18N4O/c1-2-10-9-6-13-5-8(9)7-16(10)11-12(17)15-4-3-14-11/h3-4,8-10,13H,2,5-7H2,1H3,(H,15,17). The van der Waals surface area contributed by atoms with Crippen LogP contribution in [0.5, 0.6) is 0 Å². The van der Waals surface area contributed by atoms with Crippen molar-refractivity contribution in [2.75, 3.05) is 24.5 Å². The largest absolute Gasteiger partial charge is 0.348 e. The molecule has 3 atom stereocenters. The highest BCUT2D eigenvalue weighted by Crippen LogP contribution is 2.35. The van der Waals surface area contributed by atoms with Gasteiger partial charge >= 0.3 is 0 Å². The van der Waals surface area contributed by atoms with E-state index in [4.69, 9.17) is 0 Å². The summed E-state index contributed by atoms with van der Waals surface area (Å²) in [5, 5.41) is 3.44. The van der Waals surface area contributed by atoms with Crippen molar-refractivity contribution in [3.63, 3.8) is 0 Å². The van der Waals surface area contributed by atoms with Crippen LogP contribution in [0, 0.1) is 11.8 Å². The van der Waals surface area contributed by atoms with Gasteiger partial charge in [0.1, 0.15) is 0 Å². The Morgan fingerprint density at radius 3 is 3.18 bits per heavy atom. The minimum absolute atomic E-state index is 0.0705. The number of hydrogen-bond donors (Lipinski definition) is 2. The summed E-state index contributed by atoms with van der Waals surface area (Å²) in [6.07, 6.45) is 4.32. The fourth-order valence-corrected chi connectivity index (χ4v) is 3.34. The van der Waals surface area contributed by atoms with E-state index in [1.54, 1.807) is 12.4 Å². The van der Waals surface area contributed by atoms with Crippen LogP contribution in [0.3, 0.4) is 0 Å². The summed E-state index contributed by atoms with van der Waals surface area (Å²) in [7, 11) is 0. The van der Waals surface area contributed by atoms with Gasteiger partial charge < -0.3 is 15.2 Å². The number of rotatable bonds is 2. The van der Waals surface area contributed by atoms with Crippen LogP contribution in [0.15, 0.2) is 17.2 Å². The zero-order valence-electron chi connectivity index (χ0n) is 10.0. The lowest BCUT2D eigenvalue weighted by Gasteiger charge is -2.26. The third-order valence-corrected chi connectivity index (χ3v) is 4.10. The van der Waals surface area contributed by atoms with E-state index in [-0.39, 0.29) is 5.56 Å². The summed E-state index contributed by atoms with van der Waals surface area (Å²) in [4.78, 5) is 21.0. The third kappa shape index (κ3) is 1.65. The Morgan fingerprint density at radius 1 is 1.53 bits per heavy atom. The van der Waals surface area contributed by atoms with Crippen molar-refractivity contribution in [2.24, 2.45) is 11.8 Å². The zero-order chi connectivity index (χ0) is 11.8. The summed E-state index contributed by atoms with van der Waals surface area (Å²) >= 11 is 0. The van der Waals surface area contributed by atoms with Gasteiger partial charge in [0.2, 0.25) is 0 Å². The molecule has 3 rings (SSSR count). The number of nitrogens with zero attached hydrogens (tertiary/aromatic N) is 2. The molecule has 2 fully saturated rings. The molecular formula is C12H18N4O. The number of fused-ring (bicyclic) bond motifs is 1. The zero-order valence-corrected chi connectivity index (χ0v) is 10.0. The van der Waals surface area contributed by atoms with Crippen molar-refractivity contribution in [1.82, 2.24) is 15.3 Å². The molecule has 5 nitrogen and oxygen atoms in total. The molecule has 2 saturated heterocycles. The normalized spacial score (nSPS) is 31.8. The van der Waals surface area contributed by atoms with Gasteiger partial charge in [-0.1, -0.05) is 6.92 Å². The minimum atomic E-state index is -0.0705. The molecule has 1 aromatic rings. The van der Waals surface area contributed by atoms with Crippen molar-refractivity contribution < 1.29 is 0 Å². The molecule has 0 aliphatic carbocycles. The van der Waals surface area contributed by atoms with Crippen LogP contribution < -0.4 is 15.8 Å². The molecule has 0 spiro atoms. The Hall–Kier alpha value is -1.36. The van der Waals surface area contributed by atoms with Crippen LogP contribution in [-0.4, -0.2) is 35.6 Å². The molecule has 0 saturated carbocycles. The van der Waals surface area contributed by atoms with Gasteiger partial charge in [-0.05, 0) is 18.3 Å². The maximum absolute atomic E-state index is 11.8. The van der Waals surface area contributed by atoms with Crippen molar-refractivity contribution in [3.8, 4) is 0 Å². The van der Waals surface area contributed by atoms with E-state index in [0.717, 1.165) is 26.1 Å². The van der Waals surface area contributed by atoms with Crippen LogP contribution in [0.4, 0.5) is 5.82 Å². The summed E-state index contributed by atoms with van der Waals surface area (Å²) < 4.78 is 0. The first-order chi connectivity index (χ1) is 8.31. The first kappa shape index (κ1) is 10.8. The quantitative estimate of drug-likeness (QED) is 0.767. The highest BCUT2D eigenvalue weighted by Gasteiger charge is 2.44. The molecule has 0 aromatic carbocycles. The Morgan fingerprint density at radius 2 is 2.41 bits per heavy atom. The van der Waals surface area contributed by atoms with E-state index in [0.29, 0.717) is 23.7 Å². The third-order valence-electron chi connectivity index (χ3n) is 4.10. The lowest BCUT2D eigenvalue weighted by Crippen LogP contribution is -2.38. The second kappa shape index (κ2) is 4.14. The molecule has 2 N–H and O–H groups in total. The molecule has 17 heavy (non-hydrogen) atoms. The molecule has 0 radical (unpaired) electrons. The van der Waals surface area contributed by atoms with Gasteiger partial charge in [-0.25, -0.2) is 4.98 Å². The SMILES string of the molecule is CCC1C2CNCC2CN1c1ncc[nH]c1=O. The van der Waals surface area contributed by atoms with Crippen LogP contribution in [-0.2, 0) is 0 Å². The number of hydrogen-bond acceptors (Lipinski definition) is 4. The Kier molecular flexibility index (Phi) is 2.63. The van der Waals surface area contributed by atoms with Crippen LogP contribution >= 0.6 is 0 Å². The molecule has 2 aliphatic rings. The molecule has 2 aliphatic heterocycles. The molecule has 3 unspecified atom stereocenters. The van der Waals surface area contributed by atoms with E-state index in [1.165, 1.54) is 0 Å². The Labute approximate surface area is 100 Å². The van der Waals surface area contributed by atoms with Crippen molar-refractivity contribution in [3.05, 3.63) is 22.7 Å². The van der Waals surface area contributed by atoms with Gasteiger partial charge in [0, 0.05) is 38.1 Å². The average molecular weight is 234 g/mol. The smallest absolute Gasteiger partial charge is 0.290 e. The lowest BCUT2D eigenvalue weighted by atomic mass is 9.93. The molecule has 0 amide bonds. The average Bonchev–Trinajstić information content (AvgIpc) is 2.89. The number of aromatic amines is 1. The van der Waals surface area contributed by atoms with Crippen molar-refractivity contribution >= 4 is 5.82 Å². The molecule has 92 valence electrons. The number of aromatic nitrogens is 2. The topological polar surface area (TPSA) is 61.0 Å². The van der Waals surface area contributed by atoms with E-state index in [1.807, 2.05) is 0 Å². The first-order valence-corrected chi connectivity index (χ1v) is 6.32. The molecule has 1 aromatic heterocycles. The monoisotopic (exact) mass is 234 g/mol. The van der Waals surface area contributed by atoms with E-state index in [9.17, 15) is 4.79 Å².